The van der Waals surface area contributed by atoms with Gasteiger partial charge in [-0.2, -0.15) is 0 Å². The fourth-order valence-corrected chi connectivity index (χ4v) is 3.30. The minimum absolute atomic E-state index is 0.263. The highest BCUT2D eigenvalue weighted by atomic mass is 16.3. The van der Waals surface area contributed by atoms with Gasteiger partial charge >= 0.3 is 0 Å². The second-order valence-electron chi connectivity index (χ2n) is 6.10. The van der Waals surface area contributed by atoms with Crippen molar-refractivity contribution < 1.29 is 5.11 Å². The highest BCUT2D eigenvalue weighted by Gasteiger charge is 2.43. The molecule has 2 heterocycles. The van der Waals surface area contributed by atoms with E-state index >= 15 is 0 Å². The van der Waals surface area contributed by atoms with Crippen LogP contribution in [0.15, 0.2) is 0 Å². The highest BCUT2D eigenvalue weighted by molar-refractivity contribution is 4.94. The summed E-state index contributed by atoms with van der Waals surface area (Å²) in [6.45, 7) is 8.86. The number of rotatable bonds is 1. The molecule has 0 saturated carbocycles. The topological polar surface area (TPSA) is 30.0 Å². The Kier molecular flexibility index (Phi) is 3.27. The predicted molar refractivity (Wildman–Crippen MR) is 65.0 cm³/mol. The molecular weight excluding hydrogens is 202 g/mol. The Labute approximate surface area is 98.8 Å². The molecule has 0 amide bonds. The van der Waals surface area contributed by atoms with Crippen molar-refractivity contribution in [3.05, 3.63) is 0 Å². The van der Waals surface area contributed by atoms with E-state index < -0.39 is 0 Å². The van der Waals surface area contributed by atoms with Crippen LogP contribution in [0.5, 0.6) is 0 Å². The molecule has 0 aromatic heterocycles. The van der Waals surface area contributed by atoms with Crippen LogP contribution in [-0.2, 0) is 0 Å². The molecule has 4 heteroatoms. The molecule has 0 aromatic rings. The quantitative estimate of drug-likeness (QED) is 0.695. The van der Waals surface area contributed by atoms with Crippen molar-refractivity contribution in [1.29, 1.82) is 0 Å². The summed E-state index contributed by atoms with van der Waals surface area (Å²) in [5.74, 6) is 0. The van der Waals surface area contributed by atoms with E-state index in [2.05, 4.69) is 30.7 Å². The molecule has 2 atom stereocenters. The molecular formula is C12H25N3O. The van der Waals surface area contributed by atoms with Gasteiger partial charge in [0.05, 0.1) is 0 Å². The van der Waals surface area contributed by atoms with Crippen molar-refractivity contribution in [3.63, 3.8) is 0 Å². The fraction of sp³-hybridized carbons (Fsp3) is 1.00. The zero-order valence-corrected chi connectivity index (χ0v) is 11.0. The molecule has 16 heavy (non-hydrogen) atoms. The summed E-state index contributed by atoms with van der Waals surface area (Å²) in [6, 6.07) is 0.503. The molecule has 2 rings (SSSR count). The summed E-state index contributed by atoms with van der Waals surface area (Å²) in [5, 5.41) is 10.1. The number of aliphatic hydroxyl groups is 1. The Morgan fingerprint density at radius 2 is 1.81 bits per heavy atom. The Bertz CT molecular complexity index is 257. The molecule has 1 N–H and O–H groups in total. The van der Waals surface area contributed by atoms with Gasteiger partial charge < -0.3 is 10.0 Å². The lowest BCUT2D eigenvalue weighted by Crippen LogP contribution is -2.57. The average Bonchev–Trinajstić information content (AvgIpc) is 2.47. The summed E-state index contributed by atoms with van der Waals surface area (Å²) in [4.78, 5) is 6.68. The van der Waals surface area contributed by atoms with Gasteiger partial charge in [0.25, 0.3) is 0 Å². The van der Waals surface area contributed by atoms with Crippen LogP contribution in [0, 0.1) is 5.41 Å². The van der Waals surface area contributed by atoms with Gasteiger partial charge in [-0.15, -0.1) is 0 Å². The van der Waals surface area contributed by atoms with Crippen LogP contribution < -0.4 is 0 Å². The average molecular weight is 227 g/mol. The molecule has 94 valence electrons. The number of hydrogen-bond acceptors (Lipinski definition) is 4. The van der Waals surface area contributed by atoms with E-state index in [0.29, 0.717) is 6.04 Å². The first kappa shape index (κ1) is 12.3. The van der Waals surface area contributed by atoms with Crippen molar-refractivity contribution in [1.82, 2.24) is 14.7 Å². The zero-order chi connectivity index (χ0) is 11.9. The van der Waals surface area contributed by atoms with Crippen molar-refractivity contribution in [2.24, 2.45) is 5.41 Å². The molecule has 2 aliphatic heterocycles. The Hall–Kier alpha value is -0.160. The van der Waals surface area contributed by atoms with Gasteiger partial charge in [0.2, 0.25) is 0 Å². The minimum atomic E-state index is -0.382. The Morgan fingerprint density at radius 1 is 1.12 bits per heavy atom. The summed E-state index contributed by atoms with van der Waals surface area (Å²) < 4.78 is 0. The highest BCUT2D eigenvalue weighted by Crippen LogP contribution is 2.34. The van der Waals surface area contributed by atoms with E-state index in [-0.39, 0.29) is 11.8 Å². The van der Waals surface area contributed by atoms with E-state index in [9.17, 15) is 5.11 Å². The standard InChI is InChI=1S/C12H25N3O/c1-12(2)9-13(3)6-5-10(12)15-8-7-14(4)11(15)16/h10-11,16H,5-9H2,1-4H3. The first-order valence-electron chi connectivity index (χ1n) is 6.24. The molecule has 0 spiro atoms. The normalized spacial score (nSPS) is 38.1. The van der Waals surface area contributed by atoms with Gasteiger partial charge in [-0.3, -0.25) is 9.80 Å². The third-order valence-corrected chi connectivity index (χ3v) is 4.17. The second-order valence-corrected chi connectivity index (χ2v) is 6.10. The molecule has 0 aliphatic carbocycles. The summed E-state index contributed by atoms with van der Waals surface area (Å²) in [7, 11) is 4.18. The Balaban J connectivity index is 2.09. The fourth-order valence-electron chi connectivity index (χ4n) is 3.30. The maximum atomic E-state index is 10.1. The first-order valence-corrected chi connectivity index (χ1v) is 6.24. The lowest BCUT2D eigenvalue weighted by Gasteiger charge is -2.48. The smallest absolute Gasteiger partial charge is 0.165 e. The van der Waals surface area contributed by atoms with Crippen LogP contribution in [0.4, 0.5) is 0 Å². The number of piperidine rings is 1. The van der Waals surface area contributed by atoms with E-state index in [1.165, 1.54) is 0 Å². The van der Waals surface area contributed by atoms with Gasteiger partial charge in [0, 0.05) is 25.7 Å². The van der Waals surface area contributed by atoms with Crippen LogP contribution in [0.2, 0.25) is 0 Å². The van der Waals surface area contributed by atoms with Gasteiger partial charge in [-0.1, -0.05) is 13.8 Å². The minimum Gasteiger partial charge on any atom is -0.365 e. The SMILES string of the molecule is CN1CCC(N2CCN(C)C2O)C(C)(C)C1. The third kappa shape index (κ3) is 2.12. The second kappa shape index (κ2) is 4.26. The zero-order valence-electron chi connectivity index (χ0n) is 11.0. The van der Waals surface area contributed by atoms with Crippen molar-refractivity contribution in [3.8, 4) is 0 Å². The van der Waals surface area contributed by atoms with Gasteiger partial charge in [-0.05, 0) is 32.5 Å². The van der Waals surface area contributed by atoms with Crippen LogP contribution in [0.25, 0.3) is 0 Å². The molecule has 2 fully saturated rings. The molecule has 2 saturated heterocycles. The van der Waals surface area contributed by atoms with Gasteiger partial charge in [0.15, 0.2) is 6.35 Å². The van der Waals surface area contributed by atoms with Crippen LogP contribution in [0.1, 0.15) is 20.3 Å². The van der Waals surface area contributed by atoms with Crippen molar-refractivity contribution >= 4 is 0 Å². The number of aliphatic hydroxyl groups excluding tert-OH is 1. The number of hydrogen-bond donors (Lipinski definition) is 1. The molecule has 2 aliphatic rings. The maximum absolute atomic E-state index is 10.1. The van der Waals surface area contributed by atoms with Crippen molar-refractivity contribution in [2.75, 3.05) is 40.3 Å². The summed E-state index contributed by atoms with van der Waals surface area (Å²) >= 11 is 0. The number of nitrogens with zero attached hydrogens (tertiary/aromatic N) is 3. The van der Waals surface area contributed by atoms with Crippen LogP contribution in [0.3, 0.4) is 0 Å². The van der Waals surface area contributed by atoms with Gasteiger partial charge in [0.1, 0.15) is 0 Å². The molecule has 4 nitrogen and oxygen atoms in total. The molecule has 2 unspecified atom stereocenters. The Morgan fingerprint density at radius 3 is 2.31 bits per heavy atom. The van der Waals surface area contributed by atoms with Gasteiger partial charge in [-0.25, -0.2) is 0 Å². The molecule has 0 aromatic carbocycles. The third-order valence-electron chi connectivity index (χ3n) is 4.17. The monoisotopic (exact) mass is 227 g/mol. The van der Waals surface area contributed by atoms with Crippen LogP contribution >= 0.6 is 0 Å². The number of likely N-dealkylation sites (tertiary alicyclic amines) is 1. The van der Waals surface area contributed by atoms with E-state index in [1.807, 2.05) is 11.9 Å². The lowest BCUT2D eigenvalue weighted by molar-refractivity contribution is -0.103. The van der Waals surface area contributed by atoms with Crippen LogP contribution in [-0.4, -0.2) is 72.5 Å². The molecule has 0 bridgehead atoms. The largest absolute Gasteiger partial charge is 0.365 e. The molecule has 0 radical (unpaired) electrons. The first-order chi connectivity index (χ1) is 7.42. The lowest BCUT2D eigenvalue weighted by atomic mass is 9.78. The van der Waals surface area contributed by atoms with E-state index in [0.717, 1.165) is 32.6 Å². The summed E-state index contributed by atoms with van der Waals surface area (Å²) in [6.07, 6.45) is 0.779. The number of likely N-dealkylation sites (N-methyl/N-ethyl adjacent to an activating group) is 1. The van der Waals surface area contributed by atoms with E-state index in [4.69, 9.17) is 0 Å². The van der Waals surface area contributed by atoms with Crippen molar-refractivity contribution in [2.45, 2.75) is 32.7 Å². The van der Waals surface area contributed by atoms with E-state index in [1.54, 1.807) is 0 Å². The summed E-state index contributed by atoms with van der Waals surface area (Å²) in [5.41, 5.74) is 0.263. The predicted octanol–water partition coefficient (Wildman–Crippen LogP) is 0.240. The maximum Gasteiger partial charge on any atom is 0.165 e.